The fourth-order valence-electron chi connectivity index (χ4n) is 1.87. The van der Waals surface area contributed by atoms with Gasteiger partial charge in [0.1, 0.15) is 0 Å². The minimum Gasteiger partial charge on any atom is -0.380 e. The molecule has 0 unspecified atom stereocenters. The van der Waals surface area contributed by atoms with Gasteiger partial charge in [0, 0.05) is 11.6 Å². The third-order valence-corrected chi connectivity index (χ3v) is 3.04. The van der Waals surface area contributed by atoms with Crippen molar-refractivity contribution < 1.29 is 0 Å². The summed E-state index contributed by atoms with van der Waals surface area (Å²) in [6, 6.07) is 10.5. The summed E-state index contributed by atoms with van der Waals surface area (Å²) in [6.07, 6.45) is 5.93. The standard InChI is InChI=1S/C15H19N3/c1-3-13(4-2)18-14-10-16-15(17-11-14)12-8-6-5-7-9-12/h5-11,13,18H,3-4H2,1-2H3. The number of rotatable bonds is 5. The minimum atomic E-state index is 0.496. The number of hydrogen-bond donors (Lipinski definition) is 1. The number of anilines is 1. The van der Waals surface area contributed by atoms with E-state index in [-0.39, 0.29) is 0 Å². The normalized spacial score (nSPS) is 10.6. The molecule has 1 N–H and O–H groups in total. The van der Waals surface area contributed by atoms with Crippen molar-refractivity contribution in [3.05, 3.63) is 42.7 Å². The fourth-order valence-corrected chi connectivity index (χ4v) is 1.87. The molecule has 0 saturated heterocycles. The quantitative estimate of drug-likeness (QED) is 0.866. The van der Waals surface area contributed by atoms with Crippen LogP contribution in [0.25, 0.3) is 11.4 Å². The summed E-state index contributed by atoms with van der Waals surface area (Å²) in [6.45, 7) is 4.36. The van der Waals surface area contributed by atoms with Crippen LogP contribution in [0.3, 0.4) is 0 Å². The predicted octanol–water partition coefficient (Wildman–Crippen LogP) is 3.74. The Morgan fingerprint density at radius 3 is 2.17 bits per heavy atom. The Hall–Kier alpha value is -1.90. The lowest BCUT2D eigenvalue weighted by molar-refractivity contribution is 0.671. The first-order valence-electron chi connectivity index (χ1n) is 6.47. The molecule has 1 aromatic heterocycles. The summed E-state index contributed by atoms with van der Waals surface area (Å²) in [5.41, 5.74) is 2.04. The molecule has 1 heterocycles. The summed E-state index contributed by atoms with van der Waals surface area (Å²) in [4.78, 5) is 8.79. The second kappa shape index (κ2) is 6.15. The predicted molar refractivity (Wildman–Crippen MR) is 75.5 cm³/mol. The lowest BCUT2D eigenvalue weighted by Crippen LogP contribution is -2.17. The van der Waals surface area contributed by atoms with Crippen molar-refractivity contribution in [1.29, 1.82) is 0 Å². The van der Waals surface area contributed by atoms with Crippen LogP contribution in [0.2, 0.25) is 0 Å². The first-order valence-corrected chi connectivity index (χ1v) is 6.47. The zero-order chi connectivity index (χ0) is 12.8. The Morgan fingerprint density at radius 2 is 1.61 bits per heavy atom. The highest BCUT2D eigenvalue weighted by Gasteiger charge is 2.04. The summed E-state index contributed by atoms with van der Waals surface area (Å²) >= 11 is 0. The molecule has 0 saturated carbocycles. The molecular weight excluding hydrogens is 222 g/mol. The van der Waals surface area contributed by atoms with Gasteiger partial charge in [0.15, 0.2) is 5.82 Å². The zero-order valence-electron chi connectivity index (χ0n) is 10.9. The molecule has 18 heavy (non-hydrogen) atoms. The van der Waals surface area contributed by atoms with Gasteiger partial charge in [0.2, 0.25) is 0 Å². The van der Waals surface area contributed by atoms with E-state index < -0.39 is 0 Å². The average Bonchev–Trinajstić information content (AvgIpc) is 2.46. The summed E-state index contributed by atoms with van der Waals surface area (Å²) in [5, 5.41) is 3.43. The Kier molecular flexibility index (Phi) is 4.29. The molecule has 0 atom stereocenters. The molecule has 94 valence electrons. The van der Waals surface area contributed by atoms with Crippen molar-refractivity contribution in [1.82, 2.24) is 9.97 Å². The third-order valence-electron chi connectivity index (χ3n) is 3.04. The molecule has 0 aliphatic rings. The van der Waals surface area contributed by atoms with Gasteiger partial charge in [-0.05, 0) is 12.8 Å². The van der Waals surface area contributed by atoms with Crippen LogP contribution in [0.4, 0.5) is 5.69 Å². The van der Waals surface area contributed by atoms with Crippen molar-refractivity contribution in [3.63, 3.8) is 0 Å². The van der Waals surface area contributed by atoms with Gasteiger partial charge in [0.05, 0.1) is 18.1 Å². The van der Waals surface area contributed by atoms with Gasteiger partial charge in [-0.25, -0.2) is 9.97 Å². The molecule has 0 bridgehead atoms. The number of hydrogen-bond acceptors (Lipinski definition) is 3. The molecule has 1 aromatic carbocycles. The van der Waals surface area contributed by atoms with Crippen LogP contribution in [-0.4, -0.2) is 16.0 Å². The molecule has 3 heteroatoms. The van der Waals surface area contributed by atoms with Crippen LogP contribution in [0.15, 0.2) is 42.7 Å². The molecule has 0 fully saturated rings. The van der Waals surface area contributed by atoms with Crippen LogP contribution in [0.1, 0.15) is 26.7 Å². The maximum Gasteiger partial charge on any atom is 0.159 e. The van der Waals surface area contributed by atoms with Crippen LogP contribution in [0, 0.1) is 0 Å². The van der Waals surface area contributed by atoms with Gasteiger partial charge in [-0.1, -0.05) is 44.2 Å². The smallest absolute Gasteiger partial charge is 0.159 e. The van der Waals surface area contributed by atoms with E-state index in [9.17, 15) is 0 Å². The topological polar surface area (TPSA) is 37.8 Å². The van der Waals surface area contributed by atoms with E-state index in [0.717, 1.165) is 29.9 Å². The van der Waals surface area contributed by atoms with Gasteiger partial charge in [-0.2, -0.15) is 0 Å². The van der Waals surface area contributed by atoms with Crippen LogP contribution >= 0.6 is 0 Å². The SMILES string of the molecule is CCC(CC)Nc1cnc(-c2ccccc2)nc1. The third kappa shape index (κ3) is 3.06. The Morgan fingerprint density at radius 1 is 1.00 bits per heavy atom. The second-order valence-corrected chi connectivity index (χ2v) is 4.32. The molecule has 0 radical (unpaired) electrons. The molecule has 3 nitrogen and oxygen atoms in total. The highest BCUT2D eigenvalue weighted by molar-refractivity contribution is 5.55. The monoisotopic (exact) mass is 241 g/mol. The lowest BCUT2D eigenvalue weighted by atomic mass is 10.1. The Labute approximate surface area is 108 Å². The maximum absolute atomic E-state index is 4.40. The van der Waals surface area contributed by atoms with E-state index in [4.69, 9.17) is 0 Å². The number of benzene rings is 1. The van der Waals surface area contributed by atoms with Crippen LogP contribution < -0.4 is 5.32 Å². The molecule has 2 rings (SSSR count). The van der Waals surface area contributed by atoms with E-state index in [1.165, 1.54) is 0 Å². The first-order chi connectivity index (χ1) is 8.83. The van der Waals surface area contributed by atoms with Gasteiger partial charge in [-0.15, -0.1) is 0 Å². The Balaban J connectivity index is 2.11. The lowest BCUT2D eigenvalue weighted by Gasteiger charge is -2.15. The van der Waals surface area contributed by atoms with E-state index in [2.05, 4.69) is 29.1 Å². The maximum atomic E-state index is 4.40. The molecule has 0 aliphatic heterocycles. The highest BCUT2D eigenvalue weighted by Crippen LogP contribution is 2.15. The molecule has 0 spiro atoms. The van der Waals surface area contributed by atoms with Crippen molar-refractivity contribution in [2.75, 3.05) is 5.32 Å². The van der Waals surface area contributed by atoms with Gasteiger partial charge in [-0.3, -0.25) is 0 Å². The largest absolute Gasteiger partial charge is 0.380 e. The van der Waals surface area contributed by atoms with Gasteiger partial charge in [0.25, 0.3) is 0 Å². The summed E-state index contributed by atoms with van der Waals surface area (Å²) in [5.74, 6) is 0.769. The Bertz CT molecular complexity index is 461. The van der Waals surface area contributed by atoms with E-state index in [1.54, 1.807) is 0 Å². The average molecular weight is 241 g/mol. The summed E-state index contributed by atoms with van der Waals surface area (Å²) < 4.78 is 0. The van der Waals surface area contributed by atoms with E-state index >= 15 is 0 Å². The van der Waals surface area contributed by atoms with Gasteiger partial charge < -0.3 is 5.32 Å². The first kappa shape index (κ1) is 12.6. The van der Waals surface area contributed by atoms with Crippen LogP contribution in [0.5, 0.6) is 0 Å². The van der Waals surface area contributed by atoms with Crippen LogP contribution in [-0.2, 0) is 0 Å². The fraction of sp³-hybridized carbons (Fsp3) is 0.333. The van der Waals surface area contributed by atoms with Crippen molar-refractivity contribution in [3.8, 4) is 11.4 Å². The highest BCUT2D eigenvalue weighted by atomic mass is 15.0. The van der Waals surface area contributed by atoms with E-state index in [1.807, 2.05) is 42.7 Å². The molecule has 0 amide bonds. The zero-order valence-corrected chi connectivity index (χ0v) is 10.9. The van der Waals surface area contributed by atoms with Crippen molar-refractivity contribution >= 4 is 5.69 Å². The molecular formula is C15H19N3. The van der Waals surface area contributed by atoms with E-state index in [0.29, 0.717) is 6.04 Å². The number of nitrogens with one attached hydrogen (secondary N) is 1. The second-order valence-electron chi connectivity index (χ2n) is 4.32. The number of aromatic nitrogens is 2. The number of nitrogens with zero attached hydrogens (tertiary/aromatic N) is 2. The molecule has 2 aromatic rings. The minimum absolute atomic E-state index is 0.496. The van der Waals surface area contributed by atoms with Crippen molar-refractivity contribution in [2.24, 2.45) is 0 Å². The van der Waals surface area contributed by atoms with Crippen molar-refractivity contribution in [2.45, 2.75) is 32.7 Å². The van der Waals surface area contributed by atoms with Gasteiger partial charge >= 0.3 is 0 Å². The molecule has 0 aliphatic carbocycles. The summed E-state index contributed by atoms with van der Waals surface area (Å²) in [7, 11) is 0.